The summed E-state index contributed by atoms with van der Waals surface area (Å²) in [6.45, 7) is 1.67. The van der Waals surface area contributed by atoms with E-state index in [0.29, 0.717) is 54.5 Å². The number of nitro groups is 1. The van der Waals surface area contributed by atoms with Gasteiger partial charge in [0, 0.05) is 50.6 Å². The minimum Gasteiger partial charge on any atom is -0.496 e. The van der Waals surface area contributed by atoms with Crippen molar-refractivity contribution in [1.82, 2.24) is 20.2 Å². The Labute approximate surface area is 176 Å². The number of carbonyl (C=O) groups is 1. The molecule has 1 saturated heterocycles. The van der Waals surface area contributed by atoms with E-state index in [-0.39, 0.29) is 17.1 Å². The molecule has 11 heteroatoms. The first-order chi connectivity index (χ1) is 14.9. The highest BCUT2D eigenvalue weighted by Gasteiger charge is 2.32. The van der Waals surface area contributed by atoms with Crippen molar-refractivity contribution in [3.8, 4) is 16.9 Å². The Bertz CT molecular complexity index is 1160. The molecule has 0 aliphatic carbocycles. The minimum atomic E-state index is -0.482. The van der Waals surface area contributed by atoms with Crippen molar-refractivity contribution in [3.05, 3.63) is 46.4 Å². The summed E-state index contributed by atoms with van der Waals surface area (Å²) in [5, 5.41) is 15.0. The van der Waals surface area contributed by atoms with Crippen LogP contribution in [0.3, 0.4) is 0 Å². The Morgan fingerprint density at radius 2 is 2.00 bits per heavy atom. The third-order valence-electron chi connectivity index (χ3n) is 5.38. The van der Waals surface area contributed by atoms with Crippen LogP contribution in [0.15, 0.2) is 30.5 Å². The molecule has 0 atom stereocenters. The first-order valence-corrected chi connectivity index (χ1v) is 9.65. The first kappa shape index (κ1) is 20.4. The smallest absolute Gasteiger partial charge is 0.321 e. The number of anilines is 1. The lowest BCUT2D eigenvalue weighted by molar-refractivity contribution is -0.382. The molecule has 0 unspecified atom stereocenters. The van der Waals surface area contributed by atoms with Crippen molar-refractivity contribution in [3.63, 3.8) is 0 Å². The van der Waals surface area contributed by atoms with Gasteiger partial charge in [0.1, 0.15) is 22.6 Å². The highest BCUT2D eigenvalue weighted by atomic mass is 19.1. The number of aromatic amines is 1. The Morgan fingerprint density at radius 3 is 2.65 bits per heavy atom. The minimum absolute atomic E-state index is 0.141. The lowest BCUT2D eigenvalue weighted by Gasteiger charge is -2.34. The topological polar surface area (TPSA) is 117 Å². The van der Waals surface area contributed by atoms with Crippen LogP contribution in [0, 0.1) is 15.9 Å². The van der Waals surface area contributed by atoms with Crippen molar-refractivity contribution in [2.24, 2.45) is 0 Å². The highest BCUT2D eigenvalue weighted by molar-refractivity contribution is 6.05. The van der Waals surface area contributed by atoms with Crippen molar-refractivity contribution < 1.29 is 18.8 Å². The van der Waals surface area contributed by atoms with Crippen LogP contribution in [0.25, 0.3) is 22.2 Å². The molecule has 3 aromatic rings. The molecule has 2 N–H and O–H groups in total. The number of fused-ring (bicyclic) bond motifs is 1. The molecule has 0 saturated carbocycles. The van der Waals surface area contributed by atoms with Gasteiger partial charge in [-0.2, -0.15) is 0 Å². The number of nitrogens with one attached hydrogen (secondary N) is 2. The maximum Gasteiger partial charge on any atom is 0.321 e. The van der Waals surface area contributed by atoms with E-state index >= 15 is 0 Å². The van der Waals surface area contributed by atoms with Crippen molar-refractivity contribution in [2.75, 3.05) is 45.2 Å². The summed E-state index contributed by atoms with van der Waals surface area (Å²) in [4.78, 5) is 34.3. The summed E-state index contributed by atoms with van der Waals surface area (Å²) in [6, 6.07) is 5.45. The van der Waals surface area contributed by atoms with Gasteiger partial charge in [-0.15, -0.1) is 0 Å². The monoisotopic (exact) mass is 428 g/mol. The predicted molar refractivity (Wildman–Crippen MR) is 113 cm³/mol. The number of H-pyrrole nitrogens is 1. The molecule has 31 heavy (non-hydrogen) atoms. The number of rotatable bonds is 4. The van der Waals surface area contributed by atoms with Crippen molar-refractivity contribution in [2.45, 2.75) is 0 Å². The molecule has 1 aromatic carbocycles. The third kappa shape index (κ3) is 3.58. The fourth-order valence-electron chi connectivity index (χ4n) is 3.90. The molecule has 162 valence electrons. The summed E-state index contributed by atoms with van der Waals surface area (Å²) in [7, 11) is 3.02. The number of halogens is 1. The summed E-state index contributed by atoms with van der Waals surface area (Å²) in [6.07, 6.45) is 1.51. The van der Waals surface area contributed by atoms with Crippen molar-refractivity contribution >= 4 is 28.6 Å². The third-order valence-corrected chi connectivity index (χ3v) is 5.38. The molecule has 3 heterocycles. The predicted octanol–water partition coefficient (Wildman–Crippen LogP) is 2.75. The Hall–Kier alpha value is -3.89. The zero-order valence-electron chi connectivity index (χ0n) is 17.0. The van der Waals surface area contributed by atoms with Crippen LogP contribution in [-0.4, -0.2) is 66.2 Å². The average Bonchev–Trinajstić information content (AvgIpc) is 3.18. The number of methoxy groups -OCH3 is 1. The van der Waals surface area contributed by atoms with E-state index in [4.69, 9.17) is 4.74 Å². The maximum absolute atomic E-state index is 14.0. The van der Waals surface area contributed by atoms with E-state index in [9.17, 15) is 19.3 Å². The van der Waals surface area contributed by atoms with Gasteiger partial charge in [0.25, 0.3) is 0 Å². The Balaban J connectivity index is 1.83. The molecule has 10 nitrogen and oxygen atoms in total. The van der Waals surface area contributed by atoms with Gasteiger partial charge in [0.2, 0.25) is 0 Å². The number of piperazine rings is 1. The number of nitrogens with zero attached hydrogens (tertiary/aromatic N) is 4. The summed E-state index contributed by atoms with van der Waals surface area (Å²) < 4.78 is 19.3. The number of aromatic nitrogens is 2. The molecule has 1 aliphatic heterocycles. The second-order valence-electron chi connectivity index (χ2n) is 7.04. The van der Waals surface area contributed by atoms with Crippen LogP contribution >= 0.6 is 0 Å². The van der Waals surface area contributed by atoms with Gasteiger partial charge in [-0.05, 0) is 24.3 Å². The quantitative estimate of drug-likeness (QED) is 0.488. The van der Waals surface area contributed by atoms with E-state index in [1.54, 1.807) is 18.0 Å². The largest absolute Gasteiger partial charge is 0.496 e. The number of hydrogen-bond acceptors (Lipinski definition) is 6. The normalized spacial score (nSPS) is 14.0. The lowest BCUT2D eigenvalue weighted by Crippen LogP contribution is -2.51. The standard InChI is InChI=1S/C20H21FN6O4/c1-22-20(28)26-9-7-25(8-10-26)19-17(27(29)30)16-13(5-6-23-18(16)24-19)14-11-12(21)3-4-15(14)31-2/h3-6,11H,7-10H2,1-2H3,(H,22,28)(H,23,24). The summed E-state index contributed by atoms with van der Waals surface area (Å²) >= 11 is 0. The molecule has 2 amide bonds. The fraction of sp³-hybridized carbons (Fsp3) is 0.300. The van der Waals surface area contributed by atoms with Crippen molar-refractivity contribution in [1.29, 1.82) is 0 Å². The van der Waals surface area contributed by atoms with Gasteiger partial charge in [-0.3, -0.25) is 10.1 Å². The lowest BCUT2D eigenvalue weighted by atomic mass is 10.0. The van der Waals surface area contributed by atoms with E-state index in [1.807, 2.05) is 4.90 Å². The molecule has 0 radical (unpaired) electrons. The zero-order valence-corrected chi connectivity index (χ0v) is 17.0. The van der Waals surface area contributed by atoms with Gasteiger partial charge in [-0.1, -0.05) is 0 Å². The second-order valence-corrected chi connectivity index (χ2v) is 7.04. The molecular formula is C20H21FN6O4. The number of urea groups is 1. The molecule has 0 spiro atoms. The molecule has 1 fully saturated rings. The van der Waals surface area contributed by atoms with Crippen LogP contribution < -0.4 is 15.0 Å². The number of hydrogen-bond donors (Lipinski definition) is 2. The molecular weight excluding hydrogens is 407 g/mol. The SMILES string of the molecule is CNC(=O)N1CCN(c2[nH]c3nccc(-c4cc(F)ccc4OC)c3c2[N+](=O)[O-])CC1. The van der Waals surface area contributed by atoms with Gasteiger partial charge >= 0.3 is 11.7 Å². The number of carbonyl (C=O) groups excluding carboxylic acids is 1. The highest BCUT2D eigenvalue weighted by Crippen LogP contribution is 2.43. The van der Waals surface area contributed by atoms with Gasteiger partial charge < -0.3 is 24.8 Å². The molecule has 4 rings (SSSR count). The second kappa shape index (κ2) is 8.09. The van der Waals surface area contributed by atoms with E-state index in [1.165, 1.54) is 31.5 Å². The van der Waals surface area contributed by atoms with Gasteiger partial charge in [0.15, 0.2) is 5.82 Å². The first-order valence-electron chi connectivity index (χ1n) is 9.65. The van der Waals surface area contributed by atoms with Gasteiger partial charge in [0.05, 0.1) is 12.0 Å². The molecule has 1 aliphatic rings. The van der Waals surface area contributed by atoms with Crippen LogP contribution in [0.2, 0.25) is 0 Å². The Kier molecular flexibility index (Phi) is 5.32. The van der Waals surface area contributed by atoms with Crippen LogP contribution in [0.5, 0.6) is 5.75 Å². The van der Waals surface area contributed by atoms with E-state index in [0.717, 1.165) is 0 Å². The molecule has 2 aromatic heterocycles. The van der Waals surface area contributed by atoms with Crippen LogP contribution in [0.1, 0.15) is 0 Å². The summed E-state index contributed by atoms with van der Waals surface area (Å²) in [5.41, 5.74) is 1.02. The zero-order chi connectivity index (χ0) is 22.1. The van der Waals surface area contributed by atoms with Crippen LogP contribution in [-0.2, 0) is 0 Å². The Morgan fingerprint density at radius 1 is 1.26 bits per heavy atom. The number of amides is 2. The fourth-order valence-corrected chi connectivity index (χ4v) is 3.90. The van der Waals surface area contributed by atoms with Gasteiger partial charge in [-0.25, -0.2) is 14.2 Å². The number of benzene rings is 1. The van der Waals surface area contributed by atoms with Crippen LogP contribution in [0.4, 0.5) is 20.7 Å². The van der Waals surface area contributed by atoms with E-state index in [2.05, 4.69) is 15.3 Å². The number of pyridine rings is 1. The van der Waals surface area contributed by atoms with E-state index < -0.39 is 10.7 Å². The molecule has 0 bridgehead atoms. The summed E-state index contributed by atoms with van der Waals surface area (Å²) in [5.74, 6) is 0.224. The maximum atomic E-state index is 14.0. The average molecular weight is 428 g/mol. The number of ether oxygens (including phenoxy) is 1.